The lowest BCUT2D eigenvalue weighted by molar-refractivity contribution is -0.104. The number of aldehydes is 1. The number of amides is 1. The number of rotatable bonds is 4. The zero-order valence-corrected chi connectivity index (χ0v) is 10.1. The van der Waals surface area contributed by atoms with Crippen LogP contribution in [0, 0.1) is 0 Å². The number of allylic oxidation sites excluding steroid dienone is 1. The number of carbonyl (C=O) groups excluding carboxylic acids is 2. The summed E-state index contributed by atoms with van der Waals surface area (Å²) in [4.78, 5) is 23.5. The van der Waals surface area contributed by atoms with E-state index >= 15 is 0 Å². The Morgan fingerprint density at radius 1 is 1.35 bits per heavy atom. The maximum Gasteiger partial charge on any atom is 0.257 e. The van der Waals surface area contributed by atoms with Crippen LogP contribution in [-0.4, -0.2) is 38.3 Å². The highest BCUT2D eigenvalue weighted by atomic mass is 16.5. The second-order valence-electron chi connectivity index (χ2n) is 3.65. The lowest BCUT2D eigenvalue weighted by Gasteiger charge is -2.13. The fourth-order valence-corrected chi connectivity index (χ4v) is 1.38. The molecule has 0 N–H and O–H groups in total. The molecule has 4 heteroatoms. The zero-order valence-electron chi connectivity index (χ0n) is 10.1. The lowest BCUT2D eigenvalue weighted by Crippen LogP contribution is -2.22. The van der Waals surface area contributed by atoms with Gasteiger partial charge in [0.1, 0.15) is 12.0 Å². The molecule has 0 atom stereocenters. The van der Waals surface area contributed by atoms with Gasteiger partial charge in [0.25, 0.3) is 5.91 Å². The lowest BCUT2D eigenvalue weighted by atomic mass is 10.1. The average molecular weight is 233 g/mol. The molecule has 0 aliphatic carbocycles. The second kappa shape index (κ2) is 5.84. The van der Waals surface area contributed by atoms with E-state index < -0.39 is 0 Å². The van der Waals surface area contributed by atoms with Crippen LogP contribution in [0.3, 0.4) is 0 Å². The van der Waals surface area contributed by atoms with Crippen LogP contribution in [0.2, 0.25) is 0 Å². The van der Waals surface area contributed by atoms with Gasteiger partial charge < -0.3 is 9.64 Å². The third-order valence-corrected chi connectivity index (χ3v) is 2.23. The highest BCUT2D eigenvalue weighted by Crippen LogP contribution is 2.22. The minimum Gasteiger partial charge on any atom is -0.496 e. The number of carbonyl (C=O) groups is 2. The Bertz CT molecular complexity index is 450. The molecule has 0 unspecified atom stereocenters. The van der Waals surface area contributed by atoms with Crippen LogP contribution in [0.15, 0.2) is 24.3 Å². The van der Waals surface area contributed by atoms with Gasteiger partial charge in [-0.3, -0.25) is 9.59 Å². The van der Waals surface area contributed by atoms with Gasteiger partial charge in [-0.1, -0.05) is 12.1 Å². The van der Waals surface area contributed by atoms with Crippen LogP contribution >= 0.6 is 0 Å². The van der Waals surface area contributed by atoms with Gasteiger partial charge in [0.05, 0.1) is 12.7 Å². The van der Waals surface area contributed by atoms with Gasteiger partial charge >= 0.3 is 0 Å². The summed E-state index contributed by atoms with van der Waals surface area (Å²) in [6.45, 7) is 0. The van der Waals surface area contributed by atoms with Crippen molar-refractivity contribution >= 4 is 18.3 Å². The first-order valence-electron chi connectivity index (χ1n) is 5.11. The Morgan fingerprint density at radius 3 is 2.59 bits per heavy atom. The summed E-state index contributed by atoms with van der Waals surface area (Å²) in [5.41, 5.74) is 1.31. The minimum absolute atomic E-state index is 0.118. The van der Waals surface area contributed by atoms with Crippen LogP contribution in [0.4, 0.5) is 0 Å². The van der Waals surface area contributed by atoms with Gasteiger partial charge in [0, 0.05) is 14.1 Å². The third kappa shape index (κ3) is 3.17. The largest absolute Gasteiger partial charge is 0.496 e. The zero-order chi connectivity index (χ0) is 12.8. The molecule has 0 aromatic heterocycles. The summed E-state index contributed by atoms with van der Waals surface area (Å²) in [6.07, 6.45) is 3.74. The molecule has 0 fully saturated rings. The molecular formula is C13H15NO3. The number of hydrogen-bond donors (Lipinski definition) is 0. The number of ether oxygens (including phenoxy) is 1. The predicted octanol–water partition coefficient (Wildman–Crippen LogP) is 1.61. The summed E-state index contributed by atoms with van der Waals surface area (Å²) < 4.78 is 5.17. The standard InChI is InChI=1S/C13H15NO3/c1-14(2)13(16)11-7-6-10(5-4-8-15)9-12(11)17-3/h4-9H,1-3H3. The molecule has 1 aromatic carbocycles. The van der Waals surface area contributed by atoms with Gasteiger partial charge in [0.15, 0.2) is 0 Å². The topological polar surface area (TPSA) is 46.6 Å². The van der Waals surface area contributed by atoms with Gasteiger partial charge in [0.2, 0.25) is 0 Å². The maximum atomic E-state index is 11.8. The second-order valence-corrected chi connectivity index (χ2v) is 3.65. The molecule has 4 nitrogen and oxygen atoms in total. The Morgan fingerprint density at radius 2 is 2.06 bits per heavy atom. The van der Waals surface area contributed by atoms with Crippen molar-refractivity contribution in [1.29, 1.82) is 0 Å². The molecule has 0 bridgehead atoms. The van der Waals surface area contributed by atoms with E-state index in [1.54, 1.807) is 38.4 Å². The van der Waals surface area contributed by atoms with E-state index in [2.05, 4.69) is 0 Å². The SMILES string of the molecule is COc1cc(C=CC=O)ccc1C(=O)N(C)C. The van der Waals surface area contributed by atoms with Crippen LogP contribution in [0.1, 0.15) is 15.9 Å². The predicted molar refractivity (Wildman–Crippen MR) is 66.1 cm³/mol. The molecule has 1 rings (SSSR count). The van der Waals surface area contributed by atoms with Crippen molar-refractivity contribution < 1.29 is 14.3 Å². The third-order valence-electron chi connectivity index (χ3n) is 2.23. The smallest absolute Gasteiger partial charge is 0.257 e. The van der Waals surface area contributed by atoms with Crippen molar-refractivity contribution in [1.82, 2.24) is 4.90 Å². The van der Waals surface area contributed by atoms with Gasteiger partial charge in [-0.2, -0.15) is 0 Å². The first-order valence-corrected chi connectivity index (χ1v) is 5.11. The quantitative estimate of drug-likeness (QED) is 0.586. The van der Waals surface area contributed by atoms with Gasteiger partial charge in [-0.15, -0.1) is 0 Å². The minimum atomic E-state index is -0.118. The molecule has 90 valence electrons. The summed E-state index contributed by atoms with van der Waals surface area (Å²) in [7, 11) is 4.87. The molecule has 0 spiro atoms. The van der Waals surface area contributed by atoms with E-state index in [-0.39, 0.29) is 5.91 Å². The molecule has 0 heterocycles. The fraction of sp³-hybridized carbons (Fsp3) is 0.231. The van der Waals surface area contributed by atoms with E-state index in [0.29, 0.717) is 17.6 Å². The molecule has 0 radical (unpaired) electrons. The number of nitrogens with zero attached hydrogens (tertiary/aromatic N) is 1. The first-order chi connectivity index (χ1) is 8.10. The maximum absolute atomic E-state index is 11.8. The van der Waals surface area contributed by atoms with E-state index in [4.69, 9.17) is 4.74 Å². The van der Waals surface area contributed by atoms with Crippen molar-refractivity contribution in [2.75, 3.05) is 21.2 Å². The van der Waals surface area contributed by atoms with Crippen LogP contribution < -0.4 is 4.74 Å². The normalized spacial score (nSPS) is 10.3. The van der Waals surface area contributed by atoms with E-state index in [0.717, 1.165) is 5.56 Å². The number of hydrogen-bond acceptors (Lipinski definition) is 3. The van der Waals surface area contributed by atoms with Crippen molar-refractivity contribution in [3.8, 4) is 5.75 Å². The molecule has 0 aliphatic heterocycles. The number of methoxy groups -OCH3 is 1. The molecule has 0 aliphatic rings. The summed E-state index contributed by atoms with van der Waals surface area (Å²) in [6, 6.07) is 5.17. The highest BCUT2D eigenvalue weighted by Gasteiger charge is 2.13. The van der Waals surface area contributed by atoms with Crippen LogP contribution in [0.25, 0.3) is 6.08 Å². The first kappa shape index (κ1) is 13.0. The average Bonchev–Trinajstić information content (AvgIpc) is 2.34. The highest BCUT2D eigenvalue weighted by molar-refractivity contribution is 5.97. The van der Waals surface area contributed by atoms with Crippen molar-refractivity contribution in [2.45, 2.75) is 0 Å². The Labute approximate surface area is 100 Å². The summed E-state index contributed by atoms with van der Waals surface area (Å²) >= 11 is 0. The summed E-state index contributed by atoms with van der Waals surface area (Å²) in [5.74, 6) is 0.379. The molecule has 1 amide bonds. The molecular weight excluding hydrogens is 218 g/mol. The number of benzene rings is 1. The monoisotopic (exact) mass is 233 g/mol. The Balaban J connectivity index is 3.13. The molecule has 17 heavy (non-hydrogen) atoms. The molecule has 0 saturated heterocycles. The van der Waals surface area contributed by atoms with Gasteiger partial charge in [-0.25, -0.2) is 0 Å². The molecule has 0 saturated carbocycles. The Hall–Kier alpha value is -2.10. The van der Waals surface area contributed by atoms with Crippen LogP contribution in [-0.2, 0) is 4.79 Å². The summed E-state index contributed by atoms with van der Waals surface area (Å²) in [5, 5.41) is 0. The van der Waals surface area contributed by atoms with Crippen molar-refractivity contribution in [3.05, 3.63) is 35.4 Å². The fourth-order valence-electron chi connectivity index (χ4n) is 1.38. The van der Waals surface area contributed by atoms with E-state index in [1.807, 2.05) is 0 Å². The molecule has 1 aromatic rings. The van der Waals surface area contributed by atoms with Crippen molar-refractivity contribution in [2.24, 2.45) is 0 Å². The van der Waals surface area contributed by atoms with Crippen molar-refractivity contribution in [3.63, 3.8) is 0 Å². The van der Waals surface area contributed by atoms with Gasteiger partial charge in [-0.05, 0) is 23.8 Å². The van der Waals surface area contributed by atoms with Crippen LogP contribution in [0.5, 0.6) is 5.75 Å². The Kier molecular flexibility index (Phi) is 4.46. The van der Waals surface area contributed by atoms with E-state index in [1.165, 1.54) is 18.1 Å². The van der Waals surface area contributed by atoms with E-state index in [9.17, 15) is 9.59 Å².